The fourth-order valence-electron chi connectivity index (χ4n) is 3.55. The van der Waals surface area contributed by atoms with E-state index in [4.69, 9.17) is 27.8 Å². The van der Waals surface area contributed by atoms with Crippen molar-refractivity contribution in [3.05, 3.63) is 63.1 Å². The van der Waals surface area contributed by atoms with Crippen LogP contribution in [0, 0.1) is 0 Å². The van der Waals surface area contributed by atoms with E-state index in [0.29, 0.717) is 16.6 Å². The van der Waals surface area contributed by atoms with E-state index in [-0.39, 0.29) is 23.8 Å². The molecule has 30 heavy (non-hydrogen) atoms. The van der Waals surface area contributed by atoms with Crippen molar-refractivity contribution in [1.82, 2.24) is 9.62 Å². The minimum Gasteiger partial charge on any atom is -0.301 e. The van der Waals surface area contributed by atoms with Crippen LogP contribution in [0.15, 0.2) is 41.3 Å². The predicted molar refractivity (Wildman–Crippen MR) is 117 cm³/mol. The summed E-state index contributed by atoms with van der Waals surface area (Å²) in [6.07, 6.45) is -0.0249. The lowest BCUT2D eigenvalue weighted by Gasteiger charge is -2.33. The van der Waals surface area contributed by atoms with Crippen molar-refractivity contribution in [2.45, 2.75) is 23.8 Å². The fourth-order valence-corrected chi connectivity index (χ4v) is 5.71. The normalized spacial score (nSPS) is 17.7. The average molecular weight is 493 g/mol. The quantitative estimate of drug-likeness (QED) is 0.454. The number of fused-ring (bicyclic) bond motifs is 1. The number of likely N-dealkylation sites (N-methyl/N-ethyl adjacent to an activating group) is 1. The van der Waals surface area contributed by atoms with E-state index in [9.17, 15) is 16.8 Å². The summed E-state index contributed by atoms with van der Waals surface area (Å²) in [6, 6.07) is 10.2. The molecule has 11 heteroatoms. The van der Waals surface area contributed by atoms with Gasteiger partial charge in [-0.25, -0.2) is 13.1 Å². The summed E-state index contributed by atoms with van der Waals surface area (Å²) in [5.74, 6) is -0.511. The molecule has 0 aromatic heterocycles. The second kappa shape index (κ2) is 9.12. The SMILES string of the molecule is CN1Cc2c(Cl)cc(Cl)cc2[C@H](c2ccc(S(=O)(=O)NCCCS(=O)(=O)O)cc2)C1. The topological polar surface area (TPSA) is 104 Å². The smallest absolute Gasteiger partial charge is 0.264 e. The van der Waals surface area contributed by atoms with Crippen LogP contribution < -0.4 is 4.72 Å². The molecule has 0 aliphatic carbocycles. The standard InChI is InChI=1S/C19H22Cl2N2O5S2/c1-23-11-17(16-9-14(20)10-19(21)18(16)12-23)13-3-5-15(6-4-13)30(27,28)22-7-2-8-29(24,25)26/h3-6,9-10,17,22H,2,7-8,11-12H2,1H3,(H,24,25,26)/t17-/m0/s1. The molecule has 0 bridgehead atoms. The third kappa shape index (κ3) is 5.73. The first-order valence-corrected chi connectivity index (χ1v) is 13.0. The van der Waals surface area contributed by atoms with Gasteiger partial charge in [0, 0.05) is 35.6 Å². The highest BCUT2D eigenvalue weighted by Gasteiger charge is 2.27. The van der Waals surface area contributed by atoms with Crippen molar-refractivity contribution in [2.24, 2.45) is 0 Å². The maximum absolute atomic E-state index is 12.4. The lowest BCUT2D eigenvalue weighted by Crippen LogP contribution is -2.31. The average Bonchev–Trinajstić information content (AvgIpc) is 2.65. The molecular weight excluding hydrogens is 471 g/mol. The molecule has 1 aliphatic heterocycles. The van der Waals surface area contributed by atoms with E-state index in [2.05, 4.69) is 9.62 Å². The number of sulfonamides is 1. The van der Waals surface area contributed by atoms with Gasteiger partial charge in [0.05, 0.1) is 10.6 Å². The lowest BCUT2D eigenvalue weighted by molar-refractivity contribution is 0.295. The highest BCUT2D eigenvalue weighted by atomic mass is 35.5. The molecule has 2 aromatic rings. The highest BCUT2D eigenvalue weighted by molar-refractivity contribution is 7.89. The van der Waals surface area contributed by atoms with Crippen molar-refractivity contribution in [3.8, 4) is 0 Å². The molecule has 0 saturated heterocycles. The summed E-state index contributed by atoms with van der Waals surface area (Å²) in [5.41, 5.74) is 2.98. The monoisotopic (exact) mass is 492 g/mol. The molecule has 7 nitrogen and oxygen atoms in total. The largest absolute Gasteiger partial charge is 0.301 e. The molecule has 3 rings (SSSR count). The molecule has 0 radical (unpaired) electrons. The van der Waals surface area contributed by atoms with E-state index in [0.717, 1.165) is 23.2 Å². The van der Waals surface area contributed by atoms with Crippen molar-refractivity contribution >= 4 is 43.3 Å². The van der Waals surface area contributed by atoms with Gasteiger partial charge in [-0.05, 0) is 54.4 Å². The minimum atomic E-state index is -4.12. The maximum atomic E-state index is 12.4. The number of nitrogens with zero attached hydrogens (tertiary/aromatic N) is 1. The number of benzene rings is 2. The number of hydrogen-bond acceptors (Lipinski definition) is 5. The van der Waals surface area contributed by atoms with Crippen LogP contribution in [-0.2, 0) is 26.7 Å². The first kappa shape index (κ1) is 23.5. The summed E-state index contributed by atoms with van der Waals surface area (Å²) in [7, 11) is -5.91. The van der Waals surface area contributed by atoms with Gasteiger partial charge in [-0.1, -0.05) is 35.3 Å². The Hall–Kier alpha value is -1.20. The maximum Gasteiger partial charge on any atom is 0.264 e. The molecule has 0 unspecified atom stereocenters. The van der Waals surface area contributed by atoms with E-state index >= 15 is 0 Å². The molecule has 1 heterocycles. The van der Waals surface area contributed by atoms with Gasteiger partial charge in [0.2, 0.25) is 10.0 Å². The molecule has 0 amide bonds. The number of halogens is 2. The van der Waals surface area contributed by atoms with Crippen LogP contribution in [0.2, 0.25) is 10.0 Å². The van der Waals surface area contributed by atoms with Crippen LogP contribution in [-0.4, -0.2) is 52.2 Å². The van der Waals surface area contributed by atoms with E-state index in [1.807, 2.05) is 13.1 Å². The van der Waals surface area contributed by atoms with Gasteiger partial charge in [-0.3, -0.25) is 4.55 Å². The molecule has 0 spiro atoms. The Morgan fingerprint density at radius 1 is 1.13 bits per heavy atom. The molecule has 1 atom stereocenters. The van der Waals surface area contributed by atoms with Gasteiger partial charge in [0.25, 0.3) is 10.1 Å². The summed E-state index contributed by atoms with van der Waals surface area (Å²) < 4.78 is 57.3. The fraction of sp³-hybridized carbons (Fsp3) is 0.368. The Labute approximate surface area is 186 Å². The second-order valence-electron chi connectivity index (χ2n) is 7.31. The van der Waals surface area contributed by atoms with Crippen LogP contribution in [0.3, 0.4) is 0 Å². The number of hydrogen-bond donors (Lipinski definition) is 2. The van der Waals surface area contributed by atoms with Crippen molar-refractivity contribution in [2.75, 3.05) is 25.9 Å². The molecule has 2 aromatic carbocycles. The summed E-state index contributed by atoms with van der Waals surface area (Å²) in [6.45, 7) is 1.35. The predicted octanol–water partition coefficient (Wildman–Crippen LogP) is 3.13. The summed E-state index contributed by atoms with van der Waals surface area (Å²) in [5, 5.41) is 1.17. The van der Waals surface area contributed by atoms with Crippen LogP contribution in [0.25, 0.3) is 0 Å². The van der Waals surface area contributed by atoms with Crippen LogP contribution >= 0.6 is 23.2 Å². The molecular formula is C19H22Cl2N2O5S2. The van der Waals surface area contributed by atoms with Crippen LogP contribution in [0.1, 0.15) is 29.0 Å². The number of rotatable bonds is 7. The van der Waals surface area contributed by atoms with Crippen LogP contribution in [0.4, 0.5) is 0 Å². The van der Waals surface area contributed by atoms with Gasteiger partial charge in [-0.2, -0.15) is 8.42 Å². The molecule has 2 N–H and O–H groups in total. The van der Waals surface area contributed by atoms with Gasteiger partial charge in [0.1, 0.15) is 0 Å². The molecule has 0 fully saturated rings. The summed E-state index contributed by atoms with van der Waals surface area (Å²) >= 11 is 12.6. The first-order chi connectivity index (χ1) is 14.0. The Bertz CT molecular complexity index is 1140. The van der Waals surface area contributed by atoms with E-state index in [1.54, 1.807) is 18.2 Å². The third-order valence-corrected chi connectivity index (χ3v) is 7.79. The Kier molecular flexibility index (Phi) is 7.13. The van der Waals surface area contributed by atoms with E-state index in [1.165, 1.54) is 12.1 Å². The summed E-state index contributed by atoms with van der Waals surface area (Å²) in [4.78, 5) is 2.22. The third-order valence-electron chi connectivity index (χ3n) is 4.96. The lowest BCUT2D eigenvalue weighted by atomic mass is 9.85. The van der Waals surface area contributed by atoms with E-state index < -0.39 is 25.9 Å². The number of nitrogens with one attached hydrogen (secondary N) is 1. The Morgan fingerprint density at radius 2 is 1.80 bits per heavy atom. The zero-order chi connectivity index (χ0) is 22.1. The van der Waals surface area contributed by atoms with Crippen molar-refractivity contribution in [1.29, 1.82) is 0 Å². The first-order valence-electron chi connectivity index (χ1n) is 9.17. The van der Waals surface area contributed by atoms with Gasteiger partial charge in [0.15, 0.2) is 0 Å². The zero-order valence-corrected chi connectivity index (χ0v) is 19.3. The molecule has 1 aliphatic rings. The van der Waals surface area contributed by atoms with Gasteiger partial charge >= 0.3 is 0 Å². The van der Waals surface area contributed by atoms with Crippen LogP contribution in [0.5, 0.6) is 0 Å². The Morgan fingerprint density at radius 3 is 2.43 bits per heavy atom. The Balaban J connectivity index is 1.79. The van der Waals surface area contributed by atoms with Gasteiger partial charge in [-0.15, -0.1) is 0 Å². The van der Waals surface area contributed by atoms with Crippen molar-refractivity contribution in [3.63, 3.8) is 0 Å². The molecule has 0 saturated carbocycles. The molecule has 164 valence electrons. The highest BCUT2D eigenvalue weighted by Crippen LogP contribution is 2.38. The zero-order valence-electron chi connectivity index (χ0n) is 16.2. The second-order valence-corrected chi connectivity index (χ2v) is 11.5. The minimum absolute atomic E-state index is 0.00516. The van der Waals surface area contributed by atoms with Gasteiger partial charge < -0.3 is 4.90 Å². The van der Waals surface area contributed by atoms with Crippen molar-refractivity contribution < 1.29 is 21.4 Å².